The number of hydrogen-bond acceptors (Lipinski definition) is 5. The molecule has 3 heterocycles. The smallest absolute Gasteiger partial charge is 0.399 e. The van der Waals surface area contributed by atoms with Gasteiger partial charge in [-0.1, -0.05) is 6.07 Å². The van der Waals surface area contributed by atoms with Gasteiger partial charge in [0.15, 0.2) is 0 Å². The summed E-state index contributed by atoms with van der Waals surface area (Å²) in [5.41, 5.74) is 1.32. The van der Waals surface area contributed by atoms with Gasteiger partial charge in [0.25, 0.3) is 0 Å². The molecule has 0 aromatic carbocycles. The van der Waals surface area contributed by atoms with Crippen molar-refractivity contribution in [2.75, 3.05) is 31.2 Å². The van der Waals surface area contributed by atoms with Gasteiger partial charge < -0.3 is 18.9 Å². The van der Waals surface area contributed by atoms with Gasteiger partial charge >= 0.3 is 7.12 Å². The van der Waals surface area contributed by atoms with Crippen molar-refractivity contribution in [2.24, 2.45) is 0 Å². The largest absolute Gasteiger partial charge is 0.496 e. The highest BCUT2D eigenvalue weighted by molar-refractivity contribution is 6.62. The minimum absolute atomic E-state index is 0.326. The molecule has 120 valence electrons. The summed E-state index contributed by atoms with van der Waals surface area (Å²) >= 11 is 0. The van der Waals surface area contributed by atoms with Crippen molar-refractivity contribution in [1.82, 2.24) is 4.98 Å². The molecule has 0 spiro atoms. The number of morpholine rings is 1. The Morgan fingerprint density at radius 2 is 1.64 bits per heavy atom. The lowest BCUT2D eigenvalue weighted by molar-refractivity contribution is 0.00578. The van der Waals surface area contributed by atoms with E-state index in [9.17, 15) is 0 Å². The van der Waals surface area contributed by atoms with Crippen LogP contribution >= 0.6 is 0 Å². The molecule has 2 saturated heterocycles. The Hall–Kier alpha value is -1.11. The van der Waals surface area contributed by atoms with E-state index in [-0.39, 0.29) is 18.3 Å². The van der Waals surface area contributed by atoms with Gasteiger partial charge in [-0.2, -0.15) is 0 Å². The molecule has 1 aromatic heterocycles. The number of aromatic nitrogens is 1. The Bertz CT molecular complexity index is 540. The van der Waals surface area contributed by atoms with E-state index in [0.717, 1.165) is 43.3 Å². The first-order valence-electron chi connectivity index (χ1n) is 7.96. The van der Waals surface area contributed by atoms with Crippen molar-refractivity contribution in [3.05, 3.63) is 17.8 Å². The van der Waals surface area contributed by atoms with Crippen LogP contribution in [-0.2, 0) is 14.0 Å². The Labute approximate surface area is 133 Å². The van der Waals surface area contributed by atoms with E-state index < -0.39 is 0 Å². The Balaban J connectivity index is 1.81. The van der Waals surface area contributed by atoms with Crippen LogP contribution in [0.4, 0.5) is 5.82 Å². The summed E-state index contributed by atoms with van der Waals surface area (Å²) in [7, 11) is -0.351. The van der Waals surface area contributed by atoms with Crippen molar-refractivity contribution in [2.45, 2.75) is 45.8 Å². The fraction of sp³-hybridized carbons (Fsp3) is 0.688. The molecule has 0 unspecified atom stereocenters. The Morgan fingerprint density at radius 3 is 2.18 bits per heavy atom. The molecule has 0 amide bonds. The van der Waals surface area contributed by atoms with Crippen LogP contribution in [0.15, 0.2) is 12.1 Å². The van der Waals surface area contributed by atoms with Crippen molar-refractivity contribution in [3.8, 4) is 0 Å². The average molecular weight is 304 g/mol. The number of ether oxygens (including phenoxy) is 1. The highest BCUT2D eigenvalue weighted by Crippen LogP contribution is 2.36. The number of aryl methyl sites for hydroxylation is 1. The first-order valence-corrected chi connectivity index (χ1v) is 7.96. The first-order chi connectivity index (χ1) is 10.3. The lowest BCUT2D eigenvalue weighted by Gasteiger charge is -2.32. The zero-order chi connectivity index (χ0) is 16.0. The molecule has 0 saturated carbocycles. The number of rotatable bonds is 2. The molecular formula is C16H25BN2O3. The first kappa shape index (κ1) is 15.8. The molecule has 5 nitrogen and oxygen atoms in total. The van der Waals surface area contributed by atoms with Crippen molar-refractivity contribution in [3.63, 3.8) is 0 Å². The van der Waals surface area contributed by atoms with E-state index in [2.05, 4.69) is 44.7 Å². The molecule has 6 heteroatoms. The molecule has 0 N–H and O–H groups in total. The van der Waals surface area contributed by atoms with Crippen LogP contribution in [-0.4, -0.2) is 49.6 Å². The second kappa shape index (κ2) is 5.51. The summed E-state index contributed by atoms with van der Waals surface area (Å²) < 4.78 is 17.6. The summed E-state index contributed by atoms with van der Waals surface area (Å²) in [5.74, 6) is 1.00. The van der Waals surface area contributed by atoms with E-state index in [1.807, 2.05) is 6.92 Å². The van der Waals surface area contributed by atoms with Crippen molar-refractivity contribution >= 4 is 18.4 Å². The highest BCUT2D eigenvalue weighted by Gasteiger charge is 2.52. The third-order valence-electron chi connectivity index (χ3n) is 4.95. The van der Waals surface area contributed by atoms with Gasteiger partial charge in [0, 0.05) is 24.2 Å². The van der Waals surface area contributed by atoms with E-state index in [4.69, 9.17) is 19.0 Å². The van der Waals surface area contributed by atoms with E-state index in [1.165, 1.54) is 0 Å². The topological polar surface area (TPSA) is 43.8 Å². The maximum atomic E-state index is 6.12. The molecule has 0 radical (unpaired) electrons. The van der Waals surface area contributed by atoms with E-state index in [1.54, 1.807) is 0 Å². The maximum absolute atomic E-state index is 6.12. The minimum Gasteiger partial charge on any atom is -0.399 e. The fourth-order valence-electron chi connectivity index (χ4n) is 2.75. The minimum atomic E-state index is -0.351. The number of nitrogens with zero attached hydrogens (tertiary/aromatic N) is 2. The summed E-state index contributed by atoms with van der Waals surface area (Å²) in [6, 6.07) is 4.13. The monoisotopic (exact) mass is 304 g/mol. The van der Waals surface area contributed by atoms with Crippen LogP contribution in [0.2, 0.25) is 0 Å². The summed E-state index contributed by atoms with van der Waals surface area (Å²) in [6.45, 7) is 13.6. The molecule has 0 aliphatic carbocycles. The van der Waals surface area contributed by atoms with Crippen LogP contribution in [0.3, 0.4) is 0 Å². The molecule has 0 atom stereocenters. The maximum Gasteiger partial charge on any atom is 0.496 e. The van der Waals surface area contributed by atoms with Crippen LogP contribution in [0.5, 0.6) is 0 Å². The zero-order valence-corrected chi connectivity index (χ0v) is 14.2. The molecule has 1 aromatic rings. The van der Waals surface area contributed by atoms with E-state index >= 15 is 0 Å². The fourth-order valence-corrected chi connectivity index (χ4v) is 2.75. The molecule has 22 heavy (non-hydrogen) atoms. The van der Waals surface area contributed by atoms with Gasteiger partial charge in [0.2, 0.25) is 0 Å². The number of anilines is 1. The second-order valence-electron chi connectivity index (χ2n) is 7.03. The SMILES string of the molecule is Cc1nc(N2CCOCC2)ccc1B1OC(C)(C)C(C)(C)O1. The molecule has 0 bridgehead atoms. The average Bonchev–Trinajstić information content (AvgIpc) is 2.68. The molecular weight excluding hydrogens is 279 g/mol. The molecule has 2 fully saturated rings. The lowest BCUT2D eigenvalue weighted by Crippen LogP contribution is -2.41. The third kappa shape index (κ3) is 2.75. The zero-order valence-electron chi connectivity index (χ0n) is 14.2. The third-order valence-corrected chi connectivity index (χ3v) is 4.95. The van der Waals surface area contributed by atoms with Gasteiger partial charge in [0.1, 0.15) is 5.82 Å². The second-order valence-corrected chi connectivity index (χ2v) is 7.03. The van der Waals surface area contributed by atoms with Crippen LogP contribution in [0.25, 0.3) is 0 Å². The normalized spacial score (nSPS) is 23.9. The van der Waals surface area contributed by atoms with Gasteiger partial charge in [-0.15, -0.1) is 0 Å². The van der Waals surface area contributed by atoms with Crippen LogP contribution < -0.4 is 10.4 Å². The highest BCUT2D eigenvalue weighted by atomic mass is 16.7. The van der Waals surface area contributed by atoms with Gasteiger partial charge in [-0.3, -0.25) is 0 Å². The Morgan fingerprint density at radius 1 is 1.05 bits per heavy atom. The lowest BCUT2D eigenvalue weighted by atomic mass is 9.78. The molecule has 2 aliphatic heterocycles. The van der Waals surface area contributed by atoms with Crippen LogP contribution in [0.1, 0.15) is 33.4 Å². The van der Waals surface area contributed by atoms with Gasteiger partial charge in [-0.25, -0.2) is 4.98 Å². The van der Waals surface area contributed by atoms with Crippen molar-refractivity contribution < 1.29 is 14.0 Å². The van der Waals surface area contributed by atoms with Gasteiger partial charge in [0.05, 0.1) is 24.4 Å². The summed E-state index contributed by atoms with van der Waals surface area (Å²) in [4.78, 5) is 7.00. The predicted octanol–water partition coefficient (Wildman–Crippen LogP) is 1.53. The Kier molecular flexibility index (Phi) is 3.95. The molecule has 3 rings (SSSR count). The quantitative estimate of drug-likeness (QED) is 0.775. The predicted molar refractivity (Wildman–Crippen MR) is 87.7 cm³/mol. The number of hydrogen-bond donors (Lipinski definition) is 0. The summed E-state index contributed by atoms with van der Waals surface area (Å²) in [6.07, 6.45) is 0. The van der Waals surface area contributed by atoms with Crippen molar-refractivity contribution in [1.29, 1.82) is 0 Å². The number of pyridine rings is 1. The van der Waals surface area contributed by atoms with Gasteiger partial charge in [-0.05, 0) is 40.7 Å². The standard InChI is InChI=1S/C16H25BN2O3/c1-12-13(17-21-15(2,3)16(4,5)22-17)6-7-14(18-12)19-8-10-20-11-9-19/h6-7H,8-11H2,1-5H3. The summed E-state index contributed by atoms with van der Waals surface area (Å²) in [5, 5.41) is 0. The van der Waals surface area contributed by atoms with Crippen LogP contribution in [0, 0.1) is 6.92 Å². The molecule has 2 aliphatic rings. The van der Waals surface area contributed by atoms with E-state index in [0.29, 0.717) is 0 Å².